The first-order valence-corrected chi connectivity index (χ1v) is 9.79. The first kappa shape index (κ1) is 19.1. The van der Waals surface area contributed by atoms with Crippen LogP contribution in [-0.2, 0) is 6.42 Å². The van der Waals surface area contributed by atoms with Crippen LogP contribution in [0.5, 0.6) is 0 Å². The van der Waals surface area contributed by atoms with Crippen LogP contribution in [0.4, 0.5) is 14.9 Å². The van der Waals surface area contributed by atoms with Crippen molar-refractivity contribution >= 4 is 11.7 Å². The Labute approximate surface area is 168 Å². The molecule has 1 saturated heterocycles. The quantitative estimate of drug-likeness (QED) is 0.698. The fraction of sp³-hybridized carbons (Fsp3) is 0.318. The molecule has 1 aliphatic heterocycles. The molecule has 7 heteroatoms. The van der Waals surface area contributed by atoms with Gasteiger partial charge in [-0.2, -0.15) is 4.98 Å². The maximum Gasteiger partial charge on any atom is 0.321 e. The summed E-state index contributed by atoms with van der Waals surface area (Å²) in [5, 5.41) is 6.77. The molecule has 0 aliphatic carbocycles. The van der Waals surface area contributed by atoms with Gasteiger partial charge in [0.2, 0.25) is 11.7 Å². The third-order valence-electron chi connectivity index (χ3n) is 5.24. The van der Waals surface area contributed by atoms with Gasteiger partial charge in [-0.3, -0.25) is 0 Å². The van der Waals surface area contributed by atoms with E-state index in [1.54, 1.807) is 23.1 Å². The van der Waals surface area contributed by atoms with Crippen molar-refractivity contribution in [1.82, 2.24) is 15.0 Å². The van der Waals surface area contributed by atoms with Crippen molar-refractivity contribution in [2.75, 3.05) is 18.4 Å². The predicted octanol–water partition coefficient (Wildman–Crippen LogP) is 4.67. The highest BCUT2D eigenvalue weighted by molar-refractivity contribution is 5.89. The SMILES string of the molecule is Cc1ccccc1-c1noc(C[C@H]2CCCN(C(=O)Nc3ccccc3F)C2)n1. The molecule has 2 amide bonds. The molecule has 150 valence electrons. The maximum absolute atomic E-state index is 13.8. The van der Waals surface area contributed by atoms with E-state index in [0.717, 1.165) is 24.0 Å². The van der Waals surface area contributed by atoms with Gasteiger partial charge in [-0.05, 0) is 43.4 Å². The number of carbonyl (C=O) groups excluding carboxylic acids is 1. The van der Waals surface area contributed by atoms with Crippen LogP contribution >= 0.6 is 0 Å². The standard InChI is InChI=1S/C22H23FN4O2/c1-15-7-2-3-9-17(15)21-25-20(29-26-21)13-16-8-6-12-27(14-16)22(28)24-19-11-5-4-10-18(19)23/h2-5,7,9-11,16H,6,8,12-14H2,1H3,(H,24,28)/t16-/m1/s1. The number of halogens is 1. The van der Waals surface area contributed by atoms with Gasteiger partial charge < -0.3 is 14.7 Å². The monoisotopic (exact) mass is 394 g/mol. The van der Waals surface area contributed by atoms with Crippen molar-refractivity contribution in [2.45, 2.75) is 26.2 Å². The topological polar surface area (TPSA) is 71.3 Å². The molecule has 0 bridgehead atoms. The van der Waals surface area contributed by atoms with Gasteiger partial charge in [0.25, 0.3) is 0 Å². The van der Waals surface area contributed by atoms with E-state index in [0.29, 0.717) is 31.2 Å². The van der Waals surface area contributed by atoms with E-state index in [2.05, 4.69) is 15.5 Å². The van der Waals surface area contributed by atoms with Gasteiger partial charge in [0.15, 0.2) is 0 Å². The van der Waals surface area contributed by atoms with Crippen LogP contribution < -0.4 is 5.32 Å². The molecule has 1 N–H and O–H groups in total. The molecular weight excluding hydrogens is 371 g/mol. The van der Waals surface area contributed by atoms with Crippen LogP contribution in [0.3, 0.4) is 0 Å². The number of hydrogen-bond donors (Lipinski definition) is 1. The maximum atomic E-state index is 13.8. The van der Waals surface area contributed by atoms with Crippen molar-refractivity contribution in [3.8, 4) is 11.4 Å². The second-order valence-corrected chi connectivity index (χ2v) is 7.40. The number of amides is 2. The summed E-state index contributed by atoms with van der Waals surface area (Å²) in [5.41, 5.74) is 2.24. The lowest BCUT2D eigenvalue weighted by Crippen LogP contribution is -2.43. The number of hydrogen-bond acceptors (Lipinski definition) is 4. The number of aryl methyl sites for hydroxylation is 1. The molecule has 1 aliphatic rings. The summed E-state index contributed by atoms with van der Waals surface area (Å²) in [6.07, 6.45) is 2.47. The summed E-state index contributed by atoms with van der Waals surface area (Å²) in [4.78, 5) is 18.8. The Bertz CT molecular complexity index is 1000. The number of para-hydroxylation sites is 1. The summed E-state index contributed by atoms with van der Waals surface area (Å²) >= 11 is 0. The third kappa shape index (κ3) is 4.45. The number of urea groups is 1. The first-order valence-electron chi connectivity index (χ1n) is 9.79. The Hall–Kier alpha value is -3.22. The molecule has 0 unspecified atom stereocenters. The zero-order valence-corrected chi connectivity index (χ0v) is 16.3. The van der Waals surface area contributed by atoms with Crippen LogP contribution in [0.15, 0.2) is 53.1 Å². The van der Waals surface area contributed by atoms with Crippen LogP contribution in [0.25, 0.3) is 11.4 Å². The molecule has 2 aromatic carbocycles. The van der Waals surface area contributed by atoms with Crippen LogP contribution in [0, 0.1) is 18.7 Å². The van der Waals surface area contributed by atoms with Gasteiger partial charge in [0.05, 0.1) is 5.69 Å². The Kier molecular flexibility index (Phi) is 5.55. The highest BCUT2D eigenvalue weighted by atomic mass is 19.1. The molecule has 1 fully saturated rings. The molecule has 4 rings (SSSR count). The Morgan fingerprint density at radius 1 is 1.24 bits per heavy atom. The van der Waals surface area contributed by atoms with Crippen LogP contribution in [0.2, 0.25) is 0 Å². The lowest BCUT2D eigenvalue weighted by molar-refractivity contribution is 0.173. The molecule has 0 radical (unpaired) electrons. The van der Waals surface area contributed by atoms with E-state index < -0.39 is 5.82 Å². The number of nitrogens with zero attached hydrogens (tertiary/aromatic N) is 3. The lowest BCUT2D eigenvalue weighted by atomic mass is 9.95. The fourth-order valence-electron chi connectivity index (χ4n) is 3.69. The molecule has 2 heterocycles. The number of carbonyl (C=O) groups is 1. The molecule has 3 aromatic rings. The first-order chi connectivity index (χ1) is 14.1. The summed E-state index contributed by atoms with van der Waals surface area (Å²) in [6, 6.07) is 13.8. The summed E-state index contributed by atoms with van der Waals surface area (Å²) in [5.74, 6) is 0.942. The van der Waals surface area contributed by atoms with Crippen LogP contribution in [0.1, 0.15) is 24.3 Å². The molecule has 6 nitrogen and oxygen atoms in total. The average Bonchev–Trinajstić information content (AvgIpc) is 3.18. The van der Waals surface area contributed by atoms with Gasteiger partial charge in [-0.1, -0.05) is 41.6 Å². The summed E-state index contributed by atoms with van der Waals surface area (Å²) < 4.78 is 19.2. The molecule has 29 heavy (non-hydrogen) atoms. The number of anilines is 1. The normalized spacial score (nSPS) is 16.6. The van der Waals surface area contributed by atoms with Crippen molar-refractivity contribution in [3.63, 3.8) is 0 Å². The zero-order valence-electron chi connectivity index (χ0n) is 16.3. The zero-order chi connectivity index (χ0) is 20.2. The molecular formula is C22H23FN4O2. The highest BCUT2D eigenvalue weighted by Crippen LogP contribution is 2.24. The average molecular weight is 394 g/mol. The van der Waals surface area contributed by atoms with Crippen molar-refractivity contribution in [1.29, 1.82) is 0 Å². The minimum atomic E-state index is -0.441. The van der Waals surface area contributed by atoms with E-state index >= 15 is 0 Å². The fourth-order valence-corrected chi connectivity index (χ4v) is 3.69. The van der Waals surface area contributed by atoms with Crippen LogP contribution in [-0.4, -0.2) is 34.2 Å². The predicted molar refractivity (Wildman–Crippen MR) is 108 cm³/mol. The number of aromatic nitrogens is 2. The Morgan fingerprint density at radius 3 is 2.86 bits per heavy atom. The summed E-state index contributed by atoms with van der Waals surface area (Å²) in [6.45, 7) is 3.23. The van der Waals surface area contributed by atoms with Crippen molar-refractivity contribution in [2.24, 2.45) is 5.92 Å². The van der Waals surface area contributed by atoms with E-state index in [1.165, 1.54) is 6.07 Å². The number of piperidine rings is 1. The van der Waals surface area contributed by atoms with E-state index in [-0.39, 0.29) is 17.6 Å². The molecule has 1 aromatic heterocycles. The largest absolute Gasteiger partial charge is 0.339 e. The van der Waals surface area contributed by atoms with E-state index in [4.69, 9.17) is 4.52 Å². The molecule has 0 spiro atoms. The van der Waals surface area contributed by atoms with Gasteiger partial charge in [0, 0.05) is 25.1 Å². The number of benzene rings is 2. The Morgan fingerprint density at radius 2 is 2.03 bits per heavy atom. The van der Waals surface area contributed by atoms with Gasteiger partial charge >= 0.3 is 6.03 Å². The molecule has 0 saturated carbocycles. The minimum Gasteiger partial charge on any atom is -0.339 e. The van der Waals surface area contributed by atoms with Gasteiger partial charge in [0.1, 0.15) is 5.82 Å². The van der Waals surface area contributed by atoms with E-state index in [9.17, 15) is 9.18 Å². The number of likely N-dealkylation sites (tertiary alicyclic amines) is 1. The lowest BCUT2D eigenvalue weighted by Gasteiger charge is -2.32. The van der Waals surface area contributed by atoms with Crippen molar-refractivity contribution in [3.05, 3.63) is 65.8 Å². The Balaban J connectivity index is 1.39. The summed E-state index contributed by atoms with van der Waals surface area (Å²) in [7, 11) is 0. The number of nitrogens with one attached hydrogen (secondary N) is 1. The van der Waals surface area contributed by atoms with Crippen molar-refractivity contribution < 1.29 is 13.7 Å². The number of rotatable bonds is 4. The smallest absolute Gasteiger partial charge is 0.321 e. The van der Waals surface area contributed by atoms with Gasteiger partial charge in [-0.25, -0.2) is 9.18 Å². The van der Waals surface area contributed by atoms with E-state index in [1.807, 2.05) is 31.2 Å². The minimum absolute atomic E-state index is 0.194. The highest BCUT2D eigenvalue weighted by Gasteiger charge is 2.26. The molecule has 1 atom stereocenters. The van der Waals surface area contributed by atoms with Gasteiger partial charge in [-0.15, -0.1) is 0 Å². The third-order valence-corrected chi connectivity index (χ3v) is 5.24. The second kappa shape index (κ2) is 8.43. The second-order valence-electron chi connectivity index (χ2n) is 7.40.